The number of carbonyl (C=O) groups is 1. The van der Waals surface area contributed by atoms with Gasteiger partial charge in [-0.2, -0.15) is 0 Å². The molecule has 15 heavy (non-hydrogen) atoms. The Balaban J connectivity index is 2.16. The molecule has 0 saturated carbocycles. The summed E-state index contributed by atoms with van der Waals surface area (Å²) in [5, 5.41) is 0. The van der Waals surface area contributed by atoms with Gasteiger partial charge in [0.05, 0.1) is 12.1 Å². The molecule has 3 atom stereocenters. The summed E-state index contributed by atoms with van der Waals surface area (Å²) >= 11 is 0. The Hall–Kier alpha value is -1.35. The van der Waals surface area contributed by atoms with Crippen molar-refractivity contribution in [2.24, 2.45) is 5.73 Å². The molecular weight excluding hydrogens is 188 g/mol. The number of amides is 1. The van der Waals surface area contributed by atoms with Crippen LogP contribution < -0.4 is 5.73 Å². The number of β-lactam (4-membered cyclic amide) rings is 1. The minimum Gasteiger partial charge on any atom is -0.330 e. The standard InChI is InChI=1S/C12H16N2O/c1-8(10-6-4-3-5-7-10)14-9(2)11(13)12(14)15/h3-9,11H,13H2,1-2H3/t8-,9+,11-/m1/s1. The number of nitrogens with two attached hydrogens (primary N) is 1. The molecule has 3 nitrogen and oxygen atoms in total. The van der Waals surface area contributed by atoms with Crippen molar-refractivity contribution >= 4 is 5.91 Å². The summed E-state index contributed by atoms with van der Waals surface area (Å²) < 4.78 is 0. The first-order valence-corrected chi connectivity index (χ1v) is 5.25. The lowest BCUT2D eigenvalue weighted by Gasteiger charge is -2.47. The summed E-state index contributed by atoms with van der Waals surface area (Å²) in [6.45, 7) is 4.03. The number of nitrogens with zero attached hydrogens (tertiary/aromatic N) is 1. The van der Waals surface area contributed by atoms with Gasteiger partial charge in [0.25, 0.3) is 0 Å². The van der Waals surface area contributed by atoms with Crippen molar-refractivity contribution in [3.8, 4) is 0 Å². The van der Waals surface area contributed by atoms with E-state index >= 15 is 0 Å². The van der Waals surface area contributed by atoms with Gasteiger partial charge in [-0.15, -0.1) is 0 Å². The summed E-state index contributed by atoms with van der Waals surface area (Å²) in [4.78, 5) is 13.4. The highest BCUT2D eigenvalue weighted by Crippen LogP contribution is 2.30. The summed E-state index contributed by atoms with van der Waals surface area (Å²) in [5.74, 6) is 0.0545. The molecule has 3 heteroatoms. The Morgan fingerprint density at radius 2 is 1.93 bits per heavy atom. The van der Waals surface area contributed by atoms with Crippen LogP contribution in [0.1, 0.15) is 25.5 Å². The molecule has 1 amide bonds. The first-order chi connectivity index (χ1) is 7.13. The average molecular weight is 204 g/mol. The van der Waals surface area contributed by atoms with Gasteiger partial charge in [-0.25, -0.2) is 0 Å². The van der Waals surface area contributed by atoms with Gasteiger partial charge >= 0.3 is 0 Å². The fourth-order valence-corrected chi connectivity index (χ4v) is 2.11. The second kappa shape index (κ2) is 3.66. The van der Waals surface area contributed by atoms with E-state index in [1.54, 1.807) is 0 Å². The lowest BCUT2D eigenvalue weighted by molar-refractivity contribution is -0.151. The van der Waals surface area contributed by atoms with E-state index in [4.69, 9.17) is 5.73 Å². The lowest BCUT2D eigenvalue weighted by atomic mass is 9.93. The van der Waals surface area contributed by atoms with Crippen LogP contribution >= 0.6 is 0 Å². The zero-order chi connectivity index (χ0) is 11.0. The van der Waals surface area contributed by atoms with E-state index in [1.807, 2.05) is 49.1 Å². The number of hydrogen-bond acceptors (Lipinski definition) is 2. The maximum atomic E-state index is 11.6. The summed E-state index contributed by atoms with van der Waals surface area (Å²) in [6.07, 6.45) is 0. The first kappa shape index (κ1) is 10.2. The molecule has 1 aromatic carbocycles. The van der Waals surface area contributed by atoms with Gasteiger partial charge in [0.2, 0.25) is 5.91 Å². The molecule has 1 heterocycles. The Kier molecular flexibility index (Phi) is 2.49. The molecule has 1 aliphatic heterocycles. The van der Waals surface area contributed by atoms with E-state index < -0.39 is 0 Å². The number of benzene rings is 1. The smallest absolute Gasteiger partial charge is 0.242 e. The van der Waals surface area contributed by atoms with Crippen LogP contribution in [0.5, 0.6) is 0 Å². The van der Waals surface area contributed by atoms with Gasteiger partial charge in [-0.1, -0.05) is 30.3 Å². The molecule has 2 rings (SSSR count). The summed E-state index contributed by atoms with van der Waals surface area (Å²) in [6, 6.07) is 9.98. The highest BCUT2D eigenvalue weighted by atomic mass is 16.2. The van der Waals surface area contributed by atoms with Crippen molar-refractivity contribution in [3.05, 3.63) is 35.9 Å². The second-order valence-corrected chi connectivity index (χ2v) is 4.10. The van der Waals surface area contributed by atoms with Crippen LogP contribution in [0.4, 0.5) is 0 Å². The maximum absolute atomic E-state index is 11.6. The molecule has 0 unspecified atom stereocenters. The van der Waals surface area contributed by atoms with E-state index in [1.165, 1.54) is 0 Å². The molecule has 0 spiro atoms. The van der Waals surface area contributed by atoms with E-state index in [0.29, 0.717) is 0 Å². The van der Waals surface area contributed by atoms with Crippen LogP contribution in [0.15, 0.2) is 30.3 Å². The van der Waals surface area contributed by atoms with Crippen molar-refractivity contribution in [2.45, 2.75) is 32.0 Å². The molecular formula is C12H16N2O. The largest absolute Gasteiger partial charge is 0.330 e. The van der Waals surface area contributed by atoms with Gasteiger partial charge in [-0.3, -0.25) is 4.79 Å². The fraction of sp³-hybridized carbons (Fsp3) is 0.417. The highest BCUT2D eigenvalue weighted by Gasteiger charge is 2.44. The Labute approximate surface area is 89.9 Å². The Morgan fingerprint density at radius 1 is 1.33 bits per heavy atom. The van der Waals surface area contributed by atoms with E-state index in [9.17, 15) is 4.79 Å². The van der Waals surface area contributed by atoms with E-state index in [0.717, 1.165) is 5.56 Å². The fourth-order valence-electron chi connectivity index (χ4n) is 2.11. The quantitative estimate of drug-likeness (QED) is 0.738. The average Bonchev–Trinajstić information content (AvgIpc) is 2.30. The Morgan fingerprint density at radius 3 is 2.47 bits per heavy atom. The number of likely N-dealkylation sites (tertiary alicyclic amines) is 1. The van der Waals surface area contributed by atoms with Crippen molar-refractivity contribution < 1.29 is 4.79 Å². The number of rotatable bonds is 2. The van der Waals surface area contributed by atoms with E-state index in [2.05, 4.69) is 0 Å². The second-order valence-electron chi connectivity index (χ2n) is 4.10. The highest BCUT2D eigenvalue weighted by molar-refractivity contribution is 5.89. The van der Waals surface area contributed by atoms with Crippen molar-refractivity contribution in [3.63, 3.8) is 0 Å². The third-order valence-electron chi connectivity index (χ3n) is 3.20. The molecule has 1 fully saturated rings. The third kappa shape index (κ3) is 1.53. The van der Waals surface area contributed by atoms with Crippen molar-refractivity contribution in [2.75, 3.05) is 0 Å². The van der Waals surface area contributed by atoms with Crippen LogP contribution in [-0.4, -0.2) is 22.9 Å². The Bertz CT molecular complexity index is 363. The molecule has 1 aliphatic rings. The molecule has 1 aromatic rings. The molecule has 0 aromatic heterocycles. The van der Waals surface area contributed by atoms with Crippen molar-refractivity contribution in [1.82, 2.24) is 4.90 Å². The third-order valence-corrected chi connectivity index (χ3v) is 3.20. The number of carbonyl (C=O) groups excluding carboxylic acids is 1. The van der Waals surface area contributed by atoms with Crippen LogP contribution in [0.3, 0.4) is 0 Å². The van der Waals surface area contributed by atoms with Gasteiger partial charge in [0.1, 0.15) is 6.04 Å². The molecule has 1 saturated heterocycles. The molecule has 80 valence electrons. The SMILES string of the molecule is C[C@H](c1ccccc1)N1C(=O)[C@H](N)[C@@H]1C. The van der Waals surface area contributed by atoms with Crippen LogP contribution in [0.25, 0.3) is 0 Å². The predicted molar refractivity (Wildman–Crippen MR) is 59.1 cm³/mol. The summed E-state index contributed by atoms with van der Waals surface area (Å²) in [5.41, 5.74) is 6.84. The zero-order valence-electron chi connectivity index (χ0n) is 9.05. The van der Waals surface area contributed by atoms with Gasteiger partial charge in [-0.05, 0) is 19.4 Å². The zero-order valence-corrected chi connectivity index (χ0v) is 9.05. The van der Waals surface area contributed by atoms with Gasteiger partial charge in [0, 0.05) is 0 Å². The van der Waals surface area contributed by atoms with Gasteiger partial charge < -0.3 is 10.6 Å². The summed E-state index contributed by atoms with van der Waals surface area (Å²) in [7, 11) is 0. The topological polar surface area (TPSA) is 46.3 Å². The predicted octanol–water partition coefficient (Wildman–Crippen LogP) is 1.31. The van der Waals surface area contributed by atoms with Crippen LogP contribution in [0, 0.1) is 0 Å². The normalized spacial score (nSPS) is 27.4. The maximum Gasteiger partial charge on any atom is 0.242 e. The molecule has 0 aliphatic carbocycles. The molecule has 0 bridgehead atoms. The van der Waals surface area contributed by atoms with Crippen LogP contribution in [-0.2, 0) is 4.79 Å². The van der Waals surface area contributed by atoms with E-state index in [-0.39, 0.29) is 24.0 Å². The van der Waals surface area contributed by atoms with Crippen LogP contribution in [0.2, 0.25) is 0 Å². The minimum absolute atomic E-state index is 0.0545. The number of hydrogen-bond donors (Lipinski definition) is 1. The monoisotopic (exact) mass is 204 g/mol. The molecule has 0 radical (unpaired) electrons. The van der Waals surface area contributed by atoms with Crippen molar-refractivity contribution in [1.29, 1.82) is 0 Å². The lowest BCUT2D eigenvalue weighted by Crippen LogP contribution is -2.67. The molecule has 2 N–H and O–H groups in total. The minimum atomic E-state index is -0.309. The van der Waals surface area contributed by atoms with Gasteiger partial charge in [0.15, 0.2) is 0 Å². The first-order valence-electron chi connectivity index (χ1n) is 5.25.